The summed E-state index contributed by atoms with van der Waals surface area (Å²) >= 11 is 0. The SMILES string of the molecule is C/C=C/c1cc(OC)c2oc(-c3ccc(O)c(OC)c3)cc2c1. The summed E-state index contributed by atoms with van der Waals surface area (Å²) in [6.07, 6.45) is 3.99. The van der Waals surface area contributed by atoms with Gasteiger partial charge in [-0.15, -0.1) is 0 Å². The Morgan fingerprint density at radius 3 is 2.48 bits per heavy atom. The van der Waals surface area contributed by atoms with Gasteiger partial charge >= 0.3 is 0 Å². The van der Waals surface area contributed by atoms with E-state index in [9.17, 15) is 5.11 Å². The lowest BCUT2D eigenvalue weighted by atomic mass is 10.1. The molecule has 0 unspecified atom stereocenters. The minimum atomic E-state index is 0.0975. The van der Waals surface area contributed by atoms with Crippen molar-refractivity contribution in [2.75, 3.05) is 14.2 Å². The molecule has 3 aromatic rings. The molecule has 0 saturated carbocycles. The van der Waals surface area contributed by atoms with E-state index in [0.29, 0.717) is 22.8 Å². The highest BCUT2D eigenvalue weighted by Gasteiger charge is 2.13. The van der Waals surface area contributed by atoms with E-state index < -0.39 is 0 Å². The molecule has 0 amide bonds. The zero-order valence-electron chi connectivity index (χ0n) is 13.3. The van der Waals surface area contributed by atoms with Crippen molar-refractivity contribution in [1.82, 2.24) is 0 Å². The van der Waals surface area contributed by atoms with E-state index in [2.05, 4.69) is 0 Å². The normalized spacial score (nSPS) is 11.3. The fourth-order valence-corrected chi connectivity index (χ4v) is 2.56. The molecule has 0 spiro atoms. The van der Waals surface area contributed by atoms with E-state index >= 15 is 0 Å². The lowest BCUT2D eigenvalue weighted by Gasteiger charge is -2.04. The van der Waals surface area contributed by atoms with Crippen LogP contribution in [0.25, 0.3) is 28.4 Å². The van der Waals surface area contributed by atoms with Crippen molar-refractivity contribution in [3.8, 4) is 28.6 Å². The maximum Gasteiger partial charge on any atom is 0.176 e. The summed E-state index contributed by atoms with van der Waals surface area (Å²) in [5.74, 6) is 1.88. The number of phenolic OH excluding ortho intramolecular Hbond substituents is 1. The van der Waals surface area contributed by atoms with Crippen LogP contribution in [0.2, 0.25) is 0 Å². The van der Waals surface area contributed by atoms with Crippen molar-refractivity contribution >= 4 is 17.0 Å². The van der Waals surface area contributed by atoms with Gasteiger partial charge in [-0.05, 0) is 48.9 Å². The van der Waals surface area contributed by atoms with E-state index in [4.69, 9.17) is 13.9 Å². The van der Waals surface area contributed by atoms with Crippen LogP contribution >= 0.6 is 0 Å². The first kappa shape index (κ1) is 15.0. The minimum Gasteiger partial charge on any atom is -0.504 e. The third-order valence-corrected chi connectivity index (χ3v) is 3.65. The molecule has 3 rings (SSSR count). The van der Waals surface area contributed by atoms with Crippen LogP contribution < -0.4 is 9.47 Å². The number of benzene rings is 2. The molecular weight excluding hydrogens is 292 g/mol. The topological polar surface area (TPSA) is 51.8 Å². The van der Waals surface area contributed by atoms with Crippen molar-refractivity contribution < 1.29 is 19.0 Å². The smallest absolute Gasteiger partial charge is 0.176 e. The molecule has 4 nitrogen and oxygen atoms in total. The summed E-state index contributed by atoms with van der Waals surface area (Å²) in [4.78, 5) is 0. The predicted octanol–water partition coefficient (Wildman–Crippen LogP) is 4.86. The number of fused-ring (bicyclic) bond motifs is 1. The summed E-state index contributed by atoms with van der Waals surface area (Å²) in [6, 6.07) is 11.1. The number of aromatic hydroxyl groups is 1. The first-order valence-corrected chi connectivity index (χ1v) is 7.28. The molecule has 0 saturated heterocycles. The Balaban J connectivity index is 2.16. The Kier molecular flexibility index (Phi) is 3.98. The molecule has 118 valence electrons. The lowest BCUT2D eigenvalue weighted by molar-refractivity contribution is 0.373. The highest BCUT2D eigenvalue weighted by molar-refractivity contribution is 5.89. The van der Waals surface area contributed by atoms with Gasteiger partial charge in [0, 0.05) is 10.9 Å². The maximum absolute atomic E-state index is 9.72. The number of hydrogen-bond acceptors (Lipinski definition) is 4. The van der Waals surface area contributed by atoms with Gasteiger partial charge in [0.05, 0.1) is 14.2 Å². The molecular formula is C19H18O4. The molecule has 0 aliphatic rings. The van der Waals surface area contributed by atoms with Crippen LogP contribution in [0.4, 0.5) is 0 Å². The van der Waals surface area contributed by atoms with Crippen molar-refractivity contribution in [2.24, 2.45) is 0 Å². The van der Waals surface area contributed by atoms with E-state index in [0.717, 1.165) is 16.5 Å². The molecule has 0 radical (unpaired) electrons. The maximum atomic E-state index is 9.72. The van der Waals surface area contributed by atoms with Crippen molar-refractivity contribution in [3.05, 3.63) is 48.0 Å². The molecule has 1 heterocycles. The van der Waals surface area contributed by atoms with Crippen LogP contribution in [-0.2, 0) is 0 Å². The Morgan fingerprint density at radius 2 is 1.78 bits per heavy atom. The van der Waals surface area contributed by atoms with E-state index in [1.807, 2.05) is 37.3 Å². The third-order valence-electron chi connectivity index (χ3n) is 3.65. The zero-order chi connectivity index (χ0) is 16.4. The van der Waals surface area contributed by atoms with Crippen molar-refractivity contribution in [3.63, 3.8) is 0 Å². The molecule has 0 aliphatic heterocycles. The highest BCUT2D eigenvalue weighted by Crippen LogP contribution is 2.37. The van der Waals surface area contributed by atoms with Gasteiger partial charge in [0.2, 0.25) is 0 Å². The second kappa shape index (κ2) is 6.08. The van der Waals surface area contributed by atoms with Crippen LogP contribution in [0, 0.1) is 0 Å². The van der Waals surface area contributed by atoms with Gasteiger partial charge in [0.15, 0.2) is 22.8 Å². The van der Waals surface area contributed by atoms with E-state index in [1.54, 1.807) is 25.3 Å². The van der Waals surface area contributed by atoms with Gasteiger partial charge in [-0.2, -0.15) is 0 Å². The van der Waals surface area contributed by atoms with E-state index in [1.165, 1.54) is 7.11 Å². The minimum absolute atomic E-state index is 0.0975. The molecule has 1 N–H and O–H groups in total. The molecule has 4 heteroatoms. The van der Waals surface area contributed by atoms with Gasteiger partial charge in [-0.25, -0.2) is 0 Å². The fourth-order valence-electron chi connectivity index (χ4n) is 2.56. The average Bonchev–Trinajstić information content (AvgIpc) is 2.98. The van der Waals surface area contributed by atoms with Crippen LogP contribution in [0.3, 0.4) is 0 Å². The van der Waals surface area contributed by atoms with E-state index in [-0.39, 0.29) is 5.75 Å². The van der Waals surface area contributed by atoms with Crippen LogP contribution in [0.15, 0.2) is 46.9 Å². The first-order chi connectivity index (χ1) is 11.2. The van der Waals surface area contributed by atoms with Crippen molar-refractivity contribution in [1.29, 1.82) is 0 Å². The third kappa shape index (κ3) is 2.75. The number of ether oxygens (including phenoxy) is 2. The lowest BCUT2D eigenvalue weighted by Crippen LogP contribution is -1.84. The number of hydrogen-bond donors (Lipinski definition) is 1. The standard InChI is InChI=1S/C19H18O4/c1-4-5-12-8-14-11-16(23-19(14)18(9-12)22-3)13-6-7-15(20)17(10-13)21-2/h4-11,20H,1-3H3/b5-4+. The summed E-state index contributed by atoms with van der Waals surface area (Å²) in [7, 11) is 3.14. The van der Waals surface area contributed by atoms with Gasteiger partial charge < -0.3 is 19.0 Å². The molecule has 1 aromatic heterocycles. The summed E-state index contributed by atoms with van der Waals surface area (Å²) in [5, 5.41) is 10.7. The van der Waals surface area contributed by atoms with Gasteiger partial charge in [-0.1, -0.05) is 12.2 Å². The largest absolute Gasteiger partial charge is 0.504 e. The Hall–Kier alpha value is -2.88. The van der Waals surface area contributed by atoms with Gasteiger partial charge in [0.25, 0.3) is 0 Å². The zero-order valence-corrected chi connectivity index (χ0v) is 13.3. The molecule has 0 fully saturated rings. The average molecular weight is 310 g/mol. The molecule has 0 aliphatic carbocycles. The number of allylic oxidation sites excluding steroid dienone is 1. The predicted molar refractivity (Wildman–Crippen MR) is 91.1 cm³/mol. The number of furan rings is 1. The Morgan fingerprint density at radius 1 is 1.00 bits per heavy atom. The molecule has 2 aromatic carbocycles. The summed E-state index contributed by atoms with van der Waals surface area (Å²) < 4.78 is 16.5. The monoisotopic (exact) mass is 310 g/mol. The number of methoxy groups -OCH3 is 2. The Bertz CT molecular complexity index is 874. The molecule has 0 atom stereocenters. The molecule has 0 bridgehead atoms. The van der Waals surface area contributed by atoms with Gasteiger partial charge in [0.1, 0.15) is 5.76 Å². The van der Waals surface area contributed by atoms with Crippen LogP contribution in [0.5, 0.6) is 17.2 Å². The second-order valence-corrected chi connectivity index (χ2v) is 5.14. The molecule has 23 heavy (non-hydrogen) atoms. The number of phenols is 1. The van der Waals surface area contributed by atoms with Crippen molar-refractivity contribution in [2.45, 2.75) is 6.92 Å². The van der Waals surface area contributed by atoms with Crippen LogP contribution in [0.1, 0.15) is 12.5 Å². The fraction of sp³-hybridized carbons (Fsp3) is 0.158. The van der Waals surface area contributed by atoms with Crippen LogP contribution in [-0.4, -0.2) is 19.3 Å². The van der Waals surface area contributed by atoms with Gasteiger partial charge in [-0.3, -0.25) is 0 Å². The first-order valence-electron chi connectivity index (χ1n) is 7.28. The number of rotatable bonds is 4. The Labute approximate surface area is 134 Å². The quantitative estimate of drug-likeness (QED) is 0.748. The highest BCUT2D eigenvalue weighted by atomic mass is 16.5. The second-order valence-electron chi connectivity index (χ2n) is 5.14. The summed E-state index contributed by atoms with van der Waals surface area (Å²) in [5.41, 5.74) is 2.57. The summed E-state index contributed by atoms with van der Waals surface area (Å²) in [6.45, 7) is 1.97.